The maximum atomic E-state index is 13.5. The molecule has 0 spiro atoms. The smallest absolute Gasteiger partial charge is 0.266 e. The first-order valence-corrected chi connectivity index (χ1v) is 12.8. The molecule has 1 amide bonds. The van der Waals surface area contributed by atoms with Gasteiger partial charge in [0.05, 0.1) is 35.1 Å². The Bertz CT molecular complexity index is 1480. The van der Waals surface area contributed by atoms with Crippen molar-refractivity contribution in [1.29, 1.82) is 0 Å². The van der Waals surface area contributed by atoms with E-state index < -0.39 is 0 Å². The van der Waals surface area contributed by atoms with Crippen LogP contribution in [-0.2, 0) is 10.2 Å². The van der Waals surface area contributed by atoms with E-state index in [1.807, 2.05) is 62.4 Å². The van der Waals surface area contributed by atoms with E-state index in [9.17, 15) is 9.59 Å². The Morgan fingerprint density at radius 1 is 1.03 bits per heavy atom. The first kappa shape index (κ1) is 25.5. The van der Waals surface area contributed by atoms with Crippen molar-refractivity contribution in [2.75, 3.05) is 18.2 Å². The third-order valence-corrected chi connectivity index (χ3v) is 6.82. The zero-order valence-electron chi connectivity index (χ0n) is 21.5. The number of aromatic nitrogens is 2. The molecule has 1 aromatic heterocycles. The molecule has 36 heavy (non-hydrogen) atoms. The number of thioether (sulfide) groups is 1. The van der Waals surface area contributed by atoms with Gasteiger partial charge < -0.3 is 10.1 Å². The van der Waals surface area contributed by atoms with E-state index in [-0.39, 0.29) is 22.6 Å². The van der Waals surface area contributed by atoms with Gasteiger partial charge in [-0.05, 0) is 72.4 Å². The lowest BCUT2D eigenvalue weighted by atomic mass is 9.87. The third kappa shape index (κ3) is 5.46. The lowest BCUT2D eigenvalue weighted by Gasteiger charge is -2.21. The van der Waals surface area contributed by atoms with Crippen molar-refractivity contribution in [3.63, 3.8) is 0 Å². The molecule has 0 saturated carbocycles. The lowest BCUT2D eigenvalue weighted by Crippen LogP contribution is -2.23. The summed E-state index contributed by atoms with van der Waals surface area (Å²) in [5.74, 6) is 0.467. The van der Waals surface area contributed by atoms with Crippen molar-refractivity contribution in [3.05, 3.63) is 87.7 Å². The summed E-state index contributed by atoms with van der Waals surface area (Å²) in [5, 5.41) is 3.98. The van der Waals surface area contributed by atoms with Crippen LogP contribution < -0.4 is 15.6 Å². The van der Waals surface area contributed by atoms with Gasteiger partial charge in [-0.25, -0.2) is 4.98 Å². The van der Waals surface area contributed by atoms with Crippen molar-refractivity contribution in [3.8, 4) is 11.4 Å². The van der Waals surface area contributed by atoms with E-state index in [1.54, 1.807) is 17.7 Å². The third-order valence-electron chi connectivity index (χ3n) is 5.88. The average Bonchev–Trinajstić information content (AvgIpc) is 2.81. The Kier molecular flexibility index (Phi) is 7.22. The van der Waals surface area contributed by atoms with E-state index in [2.05, 4.69) is 32.2 Å². The average molecular weight is 502 g/mol. The van der Waals surface area contributed by atoms with E-state index >= 15 is 0 Å². The molecule has 4 aromatic rings. The topological polar surface area (TPSA) is 73.2 Å². The van der Waals surface area contributed by atoms with Crippen molar-refractivity contribution >= 4 is 34.3 Å². The van der Waals surface area contributed by atoms with Crippen LogP contribution in [0.1, 0.15) is 37.5 Å². The quantitative estimate of drug-likeness (QED) is 0.258. The molecule has 186 valence electrons. The second-order valence-electron chi connectivity index (χ2n) is 9.90. The van der Waals surface area contributed by atoms with Gasteiger partial charge in [-0.2, -0.15) is 0 Å². The monoisotopic (exact) mass is 501 g/mol. The summed E-state index contributed by atoms with van der Waals surface area (Å²) in [7, 11) is 1.58. The van der Waals surface area contributed by atoms with Gasteiger partial charge in [0.1, 0.15) is 5.75 Å². The first-order chi connectivity index (χ1) is 17.1. The van der Waals surface area contributed by atoms with Crippen LogP contribution in [0.3, 0.4) is 0 Å². The van der Waals surface area contributed by atoms with Crippen LogP contribution >= 0.6 is 11.8 Å². The maximum absolute atomic E-state index is 13.5. The van der Waals surface area contributed by atoms with E-state index in [1.165, 1.54) is 11.8 Å². The van der Waals surface area contributed by atoms with Gasteiger partial charge in [0.2, 0.25) is 5.91 Å². The Balaban J connectivity index is 1.67. The van der Waals surface area contributed by atoms with Crippen LogP contribution in [0.4, 0.5) is 5.69 Å². The van der Waals surface area contributed by atoms with Gasteiger partial charge in [0, 0.05) is 0 Å². The zero-order chi connectivity index (χ0) is 26.0. The lowest BCUT2D eigenvalue weighted by molar-refractivity contribution is -0.113. The van der Waals surface area contributed by atoms with E-state index in [4.69, 9.17) is 9.72 Å². The summed E-state index contributed by atoms with van der Waals surface area (Å²) in [5.41, 5.74) is 4.91. The van der Waals surface area contributed by atoms with Crippen LogP contribution in [0.2, 0.25) is 0 Å². The highest BCUT2D eigenvalue weighted by Crippen LogP contribution is 2.32. The minimum absolute atomic E-state index is 0.0719. The van der Waals surface area contributed by atoms with Crippen molar-refractivity contribution in [2.45, 2.75) is 45.2 Å². The summed E-state index contributed by atoms with van der Waals surface area (Å²) in [6.07, 6.45) is 0. The summed E-state index contributed by atoms with van der Waals surface area (Å²) in [6, 6.07) is 19.1. The summed E-state index contributed by atoms with van der Waals surface area (Å²) in [4.78, 5) is 31.3. The van der Waals surface area contributed by atoms with Crippen LogP contribution in [0.5, 0.6) is 5.75 Å². The van der Waals surface area contributed by atoms with Gasteiger partial charge in [0.25, 0.3) is 5.56 Å². The molecule has 7 heteroatoms. The predicted molar refractivity (Wildman–Crippen MR) is 148 cm³/mol. The number of fused-ring (bicyclic) bond motifs is 1. The number of aryl methyl sites for hydroxylation is 2. The van der Waals surface area contributed by atoms with Crippen molar-refractivity contribution in [1.82, 2.24) is 9.55 Å². The summed E-state index contributed by atoms with van der Waals surface area (Å²) in [6.45, 7) is 10.3. The molecule has 6 nitrogen and oxygen atoms in total. The second kappa shape index (κ2) is 10.2. The number of methoxy groups -OCH3 is 1. The second-order valence-corrected chi connectivity index (χ2v) is 10.8. The molecule has 0 unspecified atom stereocenters. The number of carbonyl (C=O) groups excluding carboxylic acids is 1. The Hall–Kier alpha value is -3.58. The highest BCUT2D eigenvalue weighted by atomic mass is 32.2. The number of carbonyl (C=O) groups is 1. The van der Waals surface area contributed by atoms with Gasteiger partial charge in [-0.1, -0.05) is 56.8 Å². The molecule has 4 rings (SSSR count). The molecule has 0 bridgehead atoms. The molecule has 0 radical (unpaired) electrons. The molecular weight excluding hydrogens is 470 g/mol. The fourth-order valence-electron chi connectivity index (χ4n) is 4.11. The summed E-state index contributed by atoms with van der Waals surface area (Å²) < 4.78 is 7.06. The van der Waals surface area contributed by atoms with Gasteiger partial charge in [-0.3, -0.25) is 14.2 Å². The number of rotatable bonds is 6. The maximum Gasteiger partial charge on any atom is 0.266 e. The minimum atomic E-state index is -0.210. The standard InChI is InChI=1S/C29H31N3O3S/c1-18-13-19(2)15-21(14-18)32-27(34)22-9-7-8-10-23(22)31-28(32)36-17-26(33)30-24-16-20(29(3,4)5)11-12-25(24)35-6/h7-16H,17H2,1-6H3,(H,30,33). The first-order valence-electron chi connectivity index (χ1n) is 11.8. The highest BCUT2D eigenvalue weighted by Gasteiger charge is 2.19. The van der Waals surface area contributed by atoms with Gasteiger partial charge in [-0.15, -0.1) is 0 Å². The number of nitrogens with one attached hydrogen (secondary N) is 1. The number of para-hydroxylation sites is 1. The Morgan fingerprint density at radius 2 is 1.72 bits per heavy atom. The number of hydrogen-bond acceptors (Lipinski definition) is 5. The molecular formula is C29H31N3O3S. The number of ether oxygens (including phenoxy) is 1. The molecule has 0 aliphatic heterocycles. The fourth-order valence-corrected chi connectivity index (χ4v) is 4.92. The van der Waals surface area contributed by atoms with Crippen LogP contribution in [0.25, 0.3) is 16.6 Å². The van der Waals surface area contributed by atoms with E-state index in [0.29, 0.717) is 27.5 Å². The SMILES string of the molecule is COc1ccc(C(C)(C)C)cc1NC(=O)CSc1nc2ccccc2c(=O)n1-c1cc(C)cc(C)c1. The number of hydrogen-bond donors (Lipinski definition) is 1. The Labute approximate surface area is 215 Å². The zero-order valence-corrected chi connectivity index (χ0v) is 22.3. The number of benzene rings is 3. The van der Waals surface area contributed by atoms with Crippen molar-refractivity contribution in [2.24, 2.45) is 0 Å². The molecule has 3 aromatic carbocycles. The molecule has 1 heterocycles. The largest absolute Gasteiger partial charge is 0.495 e. The molecule has 0 aliphatic rings. The van der Waals surface area contributed by atoms with Crippen molar-refractivity contribution < 1.29 is 9.53 Å². The summed E-state index contributed by atoms with van der Waals surface area (Å²) >= 11 is 1.23. The molecule has 1 N–H and O–H groups in total. The van der Waals surface area contributed by atoms with Crippen LogP contribution in [-0.4, -0.2) is 28.3 Å². The van der Waals surface area contributed by atoms with Gasteiger partial charge in [0.15, 0.2) is 5.16 Å². The number of amides is 1. The predicted octanol–water partition coefficient (Wildman–Crippen LogP) is 6.04. The highest BCUT2D eigenvalue weighted by molar-refractivity contribution is 7.99. The van der Waals surface area contributed by atoms with Gasteiger partial charge >= 0.3 is 0 Å². The van der Waals surface area contributed by atoms with E-state index in [0.717, 1.165) is 22.4 Å². The normalized spacial score (nSPS) is 11.5. The van der Waals surface area contributed by atoms with Crippen LogP contribution in [0, 0.1) is 13.8 Å². The number of anilines is 1. The number of nitrogens with zero attached hydrogens (tertiary/aromatic N) is 2. The molecule has 0 atom stereocenters. The Morgan fingerprint density at radius 3 is 2.39 bits per heavy atom. The fraction of sp³-hybridized carbons (Fsp3) is 0.276. The molecule has 0 saturated heterocycles. The minimum Gasteiger partial charge on any atom is -0.495 e. The van der Waals surface area contributed by atoms with Crippen LogP contribution in [0.15, 0.2) is 70.6 Å². The molecule has 0 fully saturated rings. The molecule has 0 aliphatic carbocycles.